The Balaban J connectivity index is 1.72. The summed E-state index contributed by atoms with van der Waals surface area (Å²) < 4.78 is 5.18. The Morgan fingerprint density at radius 3 is 2.92 bits per heavy atom. The van der Waals surface area contributed by atoms with Gasteiger partial charge >= 0.3 is 6.01 Å². The van der Waals surface area contributed by atoms with E-state index in [1.165, 1.54) is 19.3 Å². The summed E-state index contributed by atoms with van der Waals surface area (Å²) in [5.74, 6) is 1.40. The number of nitrogens with zero attached hydrogens (tertiary/aromatic N) is 2. The van der Waals surface area contributed by atoms with Crippen LogP contribution in [0.25, 0.3) is 0 Å². The van der Waals surface area contributed by atoms with Crippen LogP contribution in [0.4, 0.5) is 6.01 Å². The van der Waals surface area contributed by atoms with Crippen molar-refractivity contribution in [3.63, 3.8) is 0 Å². The summed E-state index contributed by atoms with van der Waals surface area (Å²) in [6.45, 7) is 1.22. The molecule has 1 aliphatic rings. The van der Waals surface area contributed by atoms with Gasteiger partial charge in [0, 0.05) is 6.54 Å². The topological polar surface area (TPSA) is 77.0 Å². The van der Waals surface area contributed by atoms with E-state index in [9.17, 15) is 0 Å². The fourth-order valence-electron chi connectivity index (χ4n) is 1.20. The monoisotopic (exact) mass is 182 g/mol. The van der Waals surface area contributed by atoms with E-state index in [0.717, 1.165) is 12.5 Å². The van der Waals surface area contributed by atoms with Crippen molar-refractivity contribution in [3.05, 3.63) is 5.89 Å². The quantitative estimate of drug-likeness (QED) is 0.702. The maximum absolute atomic E-state index is 5.33. The van der Waals surface area contributed by atoms with Crippen LogP contribution in [0.5, 0.6) is 0 Å². The minimum Gasteiger partial charge on any atom is -0.407 e. The second-order valence-electron chi connectivity index (χ2n) is 3.36. The van der Waals surface area contributed by atoms with Crippen LogP contribution >= 0.6 is 0 Å². The molecule has 0 spiro atoms. The van der Waals surface area contributed by atoms with Gasteiger partial charge in [-0.05, 0) is 12.3 Å². The molecule has 1 aromatic heterocycles. The Labute approximate surface area is 76.7 Å². The van der Waals surface area contributed by atoms with Gasteiger partial charge in [0.05, 0.1) is 6.54 Å². The zero-order valence-corrected chi connectivity index (χ0v) is 7.49. The smallest absolute Gasteiger partial charge is 0.315 e. The molecule has 0 unspecified atom stereocenters. The average molecular weight is 182 g/mol. The molecule has 5 heteroatoms. The van der Waals surface area contributed by atoms with Gasteiger partial charge in [-0.2, -0.15) is 0 Å². The molecule has 1 aromatic rings. The number of hydrogen-bond acceptors (Lipinski definition) is 5. The first kappa shape index (κ1) is 8.50. The zero-order valence-electron chi connectivity index (χ0n) is 7.49. The van der Waals surface area contributed by atoms with E-state index < -0.39 is 0 Å². The molecule has 5 nitrogen and oxygen atoms in total. The van der Waals surface area contributed by atoms with E-state index in [2.05, 4.69) is 15.5 Å². The summed E-state index contributed by atoms with van der Waals surface area (Å²) in [4.78, 5) is 0. The van der Waals surface area contributed by atoms with Crippen molar-refractivity contribution >= 4 is 6.01 Å². The molecule has 13 heavy (non-hydrogen) atoms. The van der Waals surface area contributed by atoms with E-state index in [1.807, 2.05) is 0 Å². The minimum absolute atomic E-state index is 0.303. The molecule has 0 amide bonds. The number of anilines is 1. The average Bonchev–Trinajstić information content (AvgIpc) is 2.84. The highest BCUT2D eigenvalue weighted by Crippen LogP contribution is 2.31. The zero-order chi connectivity index (χ0) is 9.10. The molecule has 0 saturated heterocycles. The van der Waals surface area contributed by atoms with Gasteiger partial charge in [0.1, 0.15) is 0 Å². The molecular weight excluding hydrogens is 168 g/mol. The number of nitrogens with two attached hydrogens (primary N) is 1. The third-order valence-corrected chi connectivity index (χ3v) is 2.17. The Bertz CT molecular complexity index is 269. The molecule has 72 valence electrons. The Kier molecular flexibility index (Phi) is 2.44. The molecule has 1 fully saturated rings. The predicted molar refractivity (Wildman–Crippen MR) is 48.0 cm³/mol. The van der Waals surface area contributed by atoms with Crippen molar-refractivity contribution in [2.75, 3.05) is 11.9 Å². The van der Waals surface area contributed by atoms with Crippen LogP contribution in [0.3, 0.4) is 0 Å². The van der Waals surface area contributed by atoms with Crippen LogP contribution in [-0.4, -0.2) is 16.7 Å². The molecule has 2 rings (SSSR count). The first-order chi connectivity index (χ1) is 6.38. The summed E-state index contributed by atoms with van der Waals surface area (Å²) in [6.07, 6.45) is 3.94. The largest absolute Gasteiger partial charge is 0.407 e. The lowest BCUT2D eigenvalue weighted by Crippen LogP contribution is -2.02. The lowest BCUT2D eigenvalue weighted by molar-refractivity contribution is 0.506. The van der Waals surface area contributed by atoms with Gasteiger partial charge in [0.15, 0.2) is 0 Å². The molecule has 0 aliphatic heterocycles. The van der Waals surface area contributed by atoms with E-state index in [0.29, 0.717) is 18.5 Å². The van der Waals surface area contributed by atoms with Gasteiger partial charge in [-0.15, -0.1) is 5.10 Å². The van der Waals surface area contributed by atoms with Gasteiger partial charge in [-0.25, -0.2) is 0 Å². The first-order valence-corrected chi connectivity index (χ1v) is 4.65. The van der Waals surface area contributed by atoms with Crippen LogP contribution in [0.2, 0.25) is 0 Å². The van der Waals surface area contributed by atoms with Crippen molar-refractivity contribution in [1.29, 1.82) is 0 Å². The summed E-state index contributed by atoms with van der Waals surface area (Å²) in [5, 5.41) is 10.6. The number of nitrogens with one attached hydrogen (secondary N) is 1. The summed E-state index contributed by atoms with van der Waals surface area (Å²) in [6, 6.07) is 0.487. The molecule has 1 aliphatic carbocycles. The molecular formula is C8H14N4O. The number of aromatic nitrogens is 2. The Hall–Kier alpha value is -1.10. The van der Waals surface area contributed by atoms with E-state index >= 15 is 0 Å². The van der Waals surface area contributed by atoms with Gasteiger partial charge in [-0.3, -0.25) is 0 Å². The third kappa shape index (κ3) is 2.42. The fraction of sp³-hybridized carbons (Fsp3) is 0.750. The lowest BCUT2D eigenvalue weighted by Gasteiger charge is -1.97. The maximum atomic E-state index is 5.33. The molecule has 0 radical (unpaired) electrons. The highest BCUT2D eigenvalue weighted by atomic mass is 16.4. The van der Waals surface area contributed by atoms with Crippen molar-refractivity contribution in [2.24, 2.45) is 11.7 Å². The van der Waals surface area contributed by atoms with Crippen LogP contribution in [0.1, 0.15) is 25.2 Å². The Morgan fingerprint density at radius 2 is 2.31 bits per heavy atom. The third-order valence-electron chi connectivity index (χ3n) is 2.17. The molecule has 1 heterocycles. The summed E-state index contributed by atoms with van der Waals surface area (Å²) in [7, 11) is 0. The van der Waals surface area contributed by atoms with Crippen LogP contribution in [0, 0.1) is 5.92 Å². The van der Waals surface area contributed by atoms with Crippen LogP contribution < -0.4 is 11.1 Å². The molecule has 1 saturated carbocycles. The van der Waals surface area contributed by atoms with Gasteiger partial charge in [-0.1, -0.05) is 17.9 Å². The van der Waals surface area contributed by atoms with Crippen molar-refractivity contribution < 1.29 is 4.42 Å². The minimum atomic E-state index is 0.303. The maximum Gasteiger partial charge on any atom is 0.315 e. The number of hydrogen-bond donors (Lipinski definition) is 2. The molecule has 3 N–H and O–H groups in total. The fourth-order valence-corrected chi connectivity index (χ4v) is 1.20. The van der Waals surface area contributed by atoms with Crippen molar-refractivity contribution in [1.82, 2.24) is 10.2 Å². The van der Waals surface area contributed by atoms with E-state index in [1.54, 1.807) is 0 Å². The van der Waals surface area contributed by atoms with Crippen molar-refractivity contribution in [3.8, 4) is 0 Å². The second kappa shape index (κ2) is 3.74. The highest BCUT2D eigenvalue weighted by molar-refractivity contribution is 5.16. The van der Waals surface area contributed by atoms with Gasteiger partial charge in [0.25, 0.3) is 0 Å². The van der Waals surface area contributed by atoms with Gasteiger partial charge < -0.3 is 15.5 Å². The second-order valence-corrected chi connectivity index (χ2v) is 3.36. The van der Waals surface area contributed by atoms with Crippen LogP contribution in [0.15, 0.2) is 4.42 Å². The predicted octanol–water partition coefficient (Wildman–Crippen LogP) is 0.740. The Morgan fingerprint density at radius 1 is 1.46 bits per heavy atom. The van der Waals surface area contributed by atoms with Crippen molar-refractivity contribution in [2.45, 2.75) is 25.8 Å². The number of rotatable bonds is 5. The summed E-state index contributed by atoms with van der Waals surface area (Å²) >= 11 is 0. The van der Waals surface area contributed by atoms with Gasteiger partial charge in [0.2, 0.25) is 5.89 Å². The molecule has 0 bridgehead atoms. The van der Waals surface area contributed by atoms with E-state index in [-0.39, 0.29) is 0 Å². The lowest BCUT2D eigenvalue weighted by atomic mass is 10.3. The highest BCUT2D eigenvalue weighted by Gasteiger charge is 2.20. The summed E-state index contributed by atoms with van der Waals surface area (Å²) in [5.41, 5.74) is 5.33. The SMILES string of the molecule is NCc1nnc(NCCC2CC2)o1. The first-order valence-electron chi connectivity index (χ1n) is 4.65. The normalized spacial score (nSPS) is 16.1. The van der Waals surface area contributed by atoms with E-state index in [4.69, 9.17) is 10.2 Å². The standard InChI is InChI=1S/C8H14N4O/c9-5-7-11-12-8(13-7)10-4-3-6-1-2-6/h6H,1-5,9H2,(H,10,12). The molecule has 0 aromatic carbocycles. The van der Waals surface area contributed by atoms with Crippen LogP contribution in [-0.2, 0) is 6.54 Å². The molecule has 0 atom stereocenters.